The molecular formula is C16H23N5. The summed E-state index contributed by atoms with van der Waals surface area (Å²) >= 11 is 0. The predicted octanol–water partition coefficient (Wildman–Crippen LogP) is 2.62. The van der Waals surface area contributed by atoms with Gasteiger partial charge in [-0.2, -0.15) is 5.10 Å². The first-order chi connectivity index (χ1) is 10.3. The van der Waals surface area contributed by atoms with E-state index >= 15 is 0 Å². The Labute approximate surface area is 126 Å². The molecule has 0 saturated carbocycles. The highest BCUT2D eigenvalue weighted by atomic mass is 15.3. The van der Waals surface area contributed by atoms with Gasteiger partial charge in [-0.05, 0) is 38.1 Å². The summed E-state index contributed by atoms with van der Waals surface area (Å²) in [6.45, 7) is 2.16. The smallest absolute Gasteiger partial charge is 0.0794 e. The van der Waals surface area contributed by atoms with Crippen LogP contribution < -0.4 is 15.5 Å². The molecule has 0 atom stereocenters. The molecule has 1 aliphatic rings. The average Bonchev–Trinajstić information content (AvgIpc) is 3.05. The van der Waals surface area contributed by atoms with E-state index in [1.54, 1.807) is 0 Å². The Bertz CT molecular complexity index is 586. The zero-order chi connectivity index (χ0) is 14.7. The summed E-state index contributed by atoms with van der Waals surface area (Å²) < 4.78 is 2.12. The Morgan fingerprint density at radius 1 is 1.29 bits per heavy atom. The van der Waals surface area contributed by atoms with Gasteiger partial charge < -0.3 is 15.5 Å². The lowest BCUT2D eigenvalue weighted by atomic mass is 10.1. The van der Waals surface area contributed by atoms with Crippen molar-refractivity contribution >= 4 is 17.1 Å². The third-order valence-electron chi connectivity index (χ3n) is 4.19. The predicted molar refractivity (Wildman–Crippen MR) is 87.4 cm³/mol. The minimum atomic E-state index is 0.521. The van der Waals surface area contributed by atoms with Crippen LogP contribution in [0.5, 0.6) is 0 Å². The van der Waals surface area contributed by atoms with Gasteiger partial charge in [0.05, 0.1) is 29.3 Å². The zero-order valence-corrected chi connectivity index (χ0v) is 12.7. The highest BCUT2D eigenvalue weighted by molar-refractivity contribution is 5.75. The fourth-order valence-corrected chi connectivity index (χ4v) is 2.89. The Kier molecular flexibility index (Phi) is 4.10. The van der Waals surface area contributed by atoms with Gasteiger partial charge in [0.15, 0.2) is 0 Å². The summed E-state index contributed by atoms with van der Waals surface area (Å²) in [6.07, 6.45) is 6.41. The fourth-order valence-electron chi connectivity index (χ4n) is 2.89. The first-order valence-corrected chi connectivity index (χ1v) is 7.55. The van der Waals surface area contributed by atoms with Gasteiger partial charge in [0, 0.05) is 20.3 Å². The Morgan fingerprint density at radius 3 is 2.81 bits per heavy atom. The van der Waals surface area contributed by atoms with Crippen LogP contribution in [0, 0.1) is 0 Å². The van der Waals surface area contributed by atoms with E-state index in [9.17, 15) is 0 Å². The number of anilines is 3. The van der Waals surface area contributed by atoms with Crippen molar-refractivity contribution in [2.75, 3.05) is 37.4 Å². The van der Waals surface area contributed by atoms with Gasteiger partial charge in [-0.1, -0.05) is 12.1 Å². The maximum atomic E-state index is 4.57. The van der Waals surface area contributed by atoms with Crippen LogP contribution in [0.1, 0.15) is 18.9 Å². The second-order valence-electron chi connectivity index (χ2n) is 5.49. The summed E-state index contributed by atoms with van der Waals surface area (Å²) in [7, 11) is 4.03. The van der Waals surface area contributed by atoms with E-state index in [0.29, 0.717) is 6.04 Å². The van der Waals surface area contributed by atoms with Gasteiger partial charge >= 0.3 is 0 Å². The average molecular weight is 285 g/mol. The van der Waals surface area contributed by atoms with Crippen LogP contribution in [0.25, 0.3) is 0 Å². The third-order valence-corrected chi connectivity index (χ3v) is 4.19. The summed E-state index contributed by atoms with van der Waals surface area (Å²) in [5.41, 5.74) is 3.40. The van der Waals surface area contributed by atoms with Crippen LogP contribution in [-0.4, -0.2) is 37.0 Å². The first-order valence-electron chi connectivity index (χ1n) is 7.55. The lowest BCUT2D eigenvalue weighted by molar-refractivity contribution is 0.343. The maximum absolute atomic E-state index is 4.57. The Balaban J connectivity index is 1.81. The Hall–Kier alpha value is -2.01. The van der Waals surface area contributed by atoms with Gasteiger partial charge in [-0.15, -0.1) is 0 Å². The fraction of sp³-hybridized carbons (Fsp3) is 0.438. The van der Waals surface area contributed by atoms with Crippen LogP contribution in [0.15, 0.2) is 36.7 Å². The van der Waals surface area contributed by atoms with Gasteiger partial charge in [0.25, 0.3) is 0 Å². The van der Waals surface area contributed by atoms with Crippen molar-refractivity contribution in [1.29, 1.82) is 0 Å². The molecule has 0 unspecified atom stereocenters. The number of nitrogens with one attached hydrogen (secondary N) is 2. The maximum Gasteiger partial charge on any atom is 0.0794 e. The molecule has 0 amide bonds. The largest absolute Gasteiger partial charge is 0.386 e. The second kappa shape index (κ2) is 6.18. The molecule has 2 N–H and O–H groups in total. The normalized spacial score (nSPS) is 15.9. The number of piperidine rings is 1. The van der Waals surface area contributed by atoms with Crippen molar-refractivity contribution < 1.29 is 0 Å². The molecule has 0 radical (unpaired) electrons. The van der Waals surface area contributed by atoms with E-state index in [2.05, 4.69) is 56.8 Å². The molecule has 21 heavy (non-hydrogen) atoms. The van der Waals surface area contributed by atoms with Crippen molar-refractivity contribution in [3.8, 4) is 0 Å². The minimum Gasteiger partial charge on any atom is -0.386 e. The molecule has 5 nitrogen and oxygen atoms in total. The van der Waals surface area contributed by atoms with Crippen LogP contribution in [-0.2, 0) is 0 Å². The number of hydrogen-bond acceptors (Lipinski definition) is 4. The molecule has 0 spiro atoms. The number of benzene rings is 1. The van der Waals surface area contributed by atoms with Crippen molar-refractivity contribution in [3.63, 3.8) is 0 Å². The molecule has 1 fully saturated rings. The van der Waals surface area contributed by atoms with E-state index in [0.717, 1.165) is 43.0 Å². The van der Waals surface area contributed by atoms with Crippen LogP contribution in [0.3, 0.4) is 0 Å². The van der Waals surface area contributed by atoms with Crippen molar-refractivity contribution in [2.45, 2.75) is 18.9 Å². The minimum absolute atomic E-state index is 0.521. The summed E-state index contributed by atoms with van der Waals surface area (Å²) in [5.74, 6) is 0. The third kappa shape index (κ3) is 2.88. The molecule has 1 aliphatic heterocycles. The SMILES string of the molecule is CNc1ccccc1N(C)c1cnn(C2CCNCC2)c1. The van der Waals surface area contributed by atoms with Crippen LogP contribution in [0.2, 0.25) is 0 Å². The second-order valence-corrected chi connectivity index (χ2v) is 5.49. The molecule has 112 valence electrons. The number of hydrogen-bond donors (Lipinski definition) is 2. The van der Waals surface area contributed by atoms with Gasteiger partial charge in [0.2, 0.25) is 0 Å². The number of aromatic nitrogens is 2. The Morgan fingerprint density at radius 2 is 2.05 bits per heavy atom. The molecule has 5 heteroatoms. The van der Waals surface area contributed by atoms with Gasteiger partial charge in [0.1, 0.15) is 0 Å². The number of nitrogens with zero attached hydrogens (tertiary/aromatic N) is 3. The zero-order valence-electron chi connectivity index (χ0n) is 12.7. The van der Waals surface area contributed by atoms with Crippen molar-refractivity contribution in [3.05, 3.63) is 36.7 Å². The summed E-state index contributed by atoms with van der Waals surface area (Å²) in [5, 5.41) is 11.2. The molecule has 0 aliphatic carbocycles. The number of para-hydroxylation sites is 2. The van der Waals surface area contributed by atoms with Gasteiger partial charge in [-0.3, -0.25) is 4.68 Å². The molecular weight excluding hydrogens is 262 g/mol. The summed E-state index contributed by atoms with van der Waals surface area (Å²) in [4.78, 5) is 2.18. The molecule has 1 aromatic heterocycles. The quantitative estimate of drug-likeness (QED) is 0.906. The topological polar surface area (TPSA) is 45.1 Å². The van der Waals surface area contributed by atoms with E-state index < -0.39 is 0 Å². The molecule has 1 aromatic carbocycles. The summed E-state index contributed by atoms with van der Waals surface area (Å²) in [6, 6.07) is 8.83. The lowest BCUT2D eigenvalue weighted by Gasteiger charge is -2.23. The molecule has 1 saturated heterocycles. The van der Waals surface area contributed by atoms with Gasteiger partial charge in [-0.25, -0.2) is 0 Å². The first kappa shape index (κ1) is 13.9. The van der Waals surface area contributed by atoms with Crippen molar-refractivity contribution in [1.82, 2.24) is 15.1 Å². The van der Waals surface area contributed by atoms with Crippen molar-refractivity contribution in [2.24, 2.45) is 0 Å². The van der Waals surface area contributed by atoms with E-state index in [-0.39, 0.29) is 0 Å². The highest BCUT2D eigenvalue weighted by Crippen LogP contribution is 2.31. The highest BCUT2D eigenvalue weighted by Gasteiger charge is 2.17. The number of rotatable bonds is 4. The lowest BCUT2D eigenvalue weighted by Crippen LogP contribution is -2.29. The van der Waals surface area contributed by atoms with E-state index in [1.807, 2.05) is 19.3 Å². The monoisotopic (exact) mass is 285 g/mol. The standard InChI is InChI=1S/C16H23N5/c1-17-15-5-3-4-6-16(15)20(2)14-11-19-21(12-14)13-7-9-18-10-8-13/h3-6,11-13,17-18H,7-10H2,1-2H3. The molecule has 2 heterocycles. The molecule has 0 bridgehead atoms. The van der Waals surface area contributed by atoms with Crippen LogP contribution >= 0.6 is 0 Å². The van der Waals surface area contributed by atoms with E-state index in [1.165, 1.54) is 0 Å². The molecule has 2 aromatic rings. The van der Waals surface area contributed by atoms with E-state index in [4.69, 9.17) is 0 Å². The van der Waals surface area contributed by atoms with Crippen LogP contribution in [0.4, 0.5) is 17.1 Å². The molecule has 3 rings (SSSR count).